The monoisotopic (exact) mass is 437 g/mol. The maximum atomic E-state index is 12.5. The number of nitriles is 1. The number of hydrogen-bond acceptors (Lipinski definition) is 6. The van der Waals surface area contributed by atoms with Crippen LogP contribution in [-0.2, 0) is 14.8 Å². The van der Waals surface area contributed by atoms with Crippen LogP contribution in [0.15, 0.2) is 52.9 Å². The van der Waals surface area contributed by atoms with Gasteiger partial charge in [0, 0.05) is 5.69 Å². The molecule has 0 fully saturated rings. The highest BCUT2D eigenvalue weighted by Crippen LogP contribution is 2.30. The van der Waals surface area contributed by atoms with E-state index >= 15 is 0 Å². The Morgan fingerprint density at radius 2 is 1.90 bits per heavy atom. The summed E-state index contributed by atoms with van der Waals surface area (Å²) in [5.41, 5.74) is 0.302. The topological polar surface area (TPSA) is 132 Å². The van der Waals surface area contributed by atoms with Crippen LogP contribution in [0.5, 0.6) is 11.5 Å². The standard InChI is InChI=1S/C19H17F2N3O5S/c1-2-28-17-10-12(3-8-16(17)29-19(20)21)9-13(11-22)18(25)24-14-4-6-15(7-5-14)30(23,26)27/h3-10,19H,2H2,1H3,(H,24,25)(H2,23,26,27)/b13-9+. The van der Waals surface area contributed by atoms with Crippen molar-refractivity contribution >= 4 is 27.7 Å². The molecule has 0 unspecified atom stereocenters. The van der Waals surface area contributed by atoms with Gasteiger partial charge in [0.25, 0.3) is 5.91 Å². The van der Waals surface area contributed by atoms with Gasteiger partial charge in [-0.15, -0.1) is 0 Å². The van der Waals surface area contributed by atoms with Crippen LogP contribution in [0.1, 0.15) is 12.5 Å². The summed E-state index contributed by atoms with van der Waals surface area (Å²) in [4.78, 5) is 12.2. The molecular weight excluding hydrogens is 420 g/mol. The van der Waals surface area contributed by atoms with E-state index in [1.54, 1.807) is 13.0 Å². The Morgan fingerprint density at radius 3 is 2.43 bits per heavy atom. The first kappa shape index (κ1) is 22.8. The van der Waals surface area contributed by atoms with Crippen LogP contribution in [0, 0.1) is 11.3 Å². The number of anilines is 1. The molecule has 8 nitrogen and oxygen atoms in total. The minimum Gasteiger partial charge on any atom is -0.490 e. The third-order valence-corrected chi connectivity index (χ3v) is 4.53. The molecule has 0 atom stereocenters. The lowest BCUT2D eigenvalue weighted by molar-refractivity contribution is -0.112. The maximum absolute atomic E-state index is 12.5. The number of nitrogens with zero attached hydrogens (tertiary/aromatic N) is 1. The summed E-state index contributed by atoms with van der Waals surface area (Å²) in [6.07, 6.45) is 1.24. The molecule has 0 bridgehead atoms. The predicted octanol–water partition coefficient (Wildman–Crippen LogP) is 2.88. The van der Waals surface area contributed by atoms with Crippen molar-refractivity contribution in [1.29, 1.82) is 5.26 Å². The molecule has 0 aliphatic heterocycles. The predicted molar refractivity (Wildman–Crippen MR) is 104 cm³/mol. The molecule has 0 heterocycles. The maximum Gasteiger partial charge on any atom is 0.387 e. The SMILES string of the molecule is CCOc1cc(/C=C(\C#N)C(=O)Nc2ccc(S(N)(=O)=O)cc2)ccc1OC(F)F. The summed E-state index contributed by atoms with van der Waals surface area (Å²) in [6, 6.07) is 10.8. The number of nitrogens with one attached hydrogen (secondary N) is 1. The van der Waals surface area contributed by atoms with Crippen LogP contribution in [0.3, 0.4) is 0 Å². The van der Waals surface area contributed by atoms with Gasteiger partial charge in [0.2, 0.25) is 10.0 Å². The van der Waals surface area contributed by atoms with E-state index in [1.807, 2.05) is 0 Å². The Labute approximate surface area is 171 Å². The number of ether oxygens (including phenoxy) is 2. The Morgan fingerprint density at radius 1 is 1.23 bits per heavy atom. The van der Waals surface area contributed by atoms with Crippen molar-refractivity contribution in [1.82, 2.24) is 0 Å². The summed E-state index contributed by atoms with van der Waals surface area (Å²) in [5.74, 6) is -0.906. The Balaban J connectivity index is 2.24. The number of hydrogen-bond donors (Lipinski definition) is 2. The van der Waals surface area contributed by atoms with Crippen LogP contribution < -0.4 is 19.9 Å². The second-order valence-electron chi connectivity index (χ2n) is 5.71. The molecule has 3 N–H and O–H groups in total. The number of carbonyl (C=O) groups excluding carboxylic acids is 1. The Hall–Kier alpha value is -3.49. The van der Waals surface area contributed by atoms with Gasteiger partial charge >= 0.3 is 6.61 Å². The highest BCUT2D eigenvalue weighted by atomic mass is 32.2. The number of sulfonamides is 1. The third-order valence-electron chi connectivity index (χ3n) is 3.60. The highest BCUT2D eigenvalue weighted by Gasteiger charge is 2.14. The van der Waals surface area contributed by atoms with Crippen molar-refractivity contribution in [2.24, 2.45) is 5.14 Å². The number of benzene rings is 2. The summed E-state index contributed by atoms with van der Waals surface area (Å²) in [5, 5.41) is 16.8. The first-order valence-corrected chi connectivity index (χ1v) is 9.96. The van der Waals surface area contributed by atoms with Crippen molar-refractivity contribution in [3.05, 3.63) is 53.6 Å². The van der Waals surface area contributed by atoms with Crippen LogP contribution >= 0.6 is 0 Å². The molecule has 1 amide bonds. The van der Waals surface area contributed by atoms with E-state index in [0.29, 0.717) is 5.56 Å². The Kier molecular flexibility index (Phi) is 7.46. The molecule has 0 radical (unpaired) electrons. The van der Waals surface area contributed by atoms with E-state index < -0.39 is 22.5 Å². The van der Waals surface area contributed by atoms with Crippen molar-refractivity contribution in [2.45, 2.75) is 18.4 Å². The lowest BCUT2D eigenvalue weighted by Gasteiger charge is -2.12. The van der Waals surface area contributed by atoms with Crippen LogP contribution in [0.2, 0.25) is 0 Å². The molecule has 0 saturated carbocycles. The van der Waals surface area contributed by atoms with Gasteiger partial charge in [-0.1, -0.05) is 6.07 Å². The molecule has 0 aliphatic rings. The molecule has 2 aromatic rings. The zero-order valence-corrected chi connectivity index (χ0v) is 16.4. The molecule has 2 rings (SSSR count). The molecular formula is C19H17F2N3O5S. The minimum atomic E-state index is -3.88. The second kappa shape index (κ2) is 9.82. The Bertz CT molecular complexity index is 1090. The molecule has 0 saturated heterocycles. The van der Waals surface area contributed by atoms with Crippen molar-refractivity contribution in [3.8, 4) is 17.6 Å². The van der Waals surface area contributed by atoms with Gasteiger partial charge in [-0.3, -0.25) is 4.79 Å². The summed E-state index contributed by atoms with van der Waals surface area (Å²) in [7, 11) is -3.88. The van der Waals surface area contributed by atoms with E-state index in [1.165, 1.54) is 48.5 Å². The van der Waals surface area contributed by atoms with Gasteiger partial charge < -0.3 is 14.8 Å². The molecule has 2 aromatic carbocycles. The van der Waals surface area contributed by atoms with Gasteiger partial charge in [0.15, 0.2) is 11.5 Å². The fourth-order valence-electron chi connectivity index (χ4n) is 2.32. The zero-order chi connectivity index (χ0) is 22.3. The number of nitrogens with two attached hydrogens (primary N) is 1. The fraction of sp³-hybridized carbons (Fsp3) is 0.158. The molecule has 30 heavy (non-hydrogen) atoms. The molecule has 0 aliphatic carbocycles. The average Bonchev–Trinajstić information content (AvgIpc) is 2.67. The van der Waals surface area contributed by atoms with E-state index in [-0.39, 0.29) is 34.3 Å². The number of alkyl halides is 2. The van der Waals surface area contributed by atoms with Gasteiger partial charge in [-0.05, 0) is 55.0 Å². The molecule has 158 valence electrons. The minimum absolute atomic E-state index is 0.0304. The number of carbonyl (C=O) groups is 1. The number of rotatable bonds is 8. The van der Waals surface area contributed by atoms with Crippen molar-refractivity contribution in [3.63, 3.8) is 0 Å². The summed E-state index contributed by atoms with van der Waals surface area (Å²) in [6.45, 7) is -1.19. The molecule has 11 heteroatoms. The lowest BCUT2D eigenvalue weighted by atomic mass is 10.1. The first-order valence-electron chi connectivity index (χ1n) is 8.41. The number of halogens is 2. The number of amides is 1. The van der Waals surface area contributed by atoms with Gasteiger partial charge in [0.05, 0.1) is 11.5 Å². The van der Waals surface area contributed by atoms with Gasteiger partial charge in [-0.2, -0.15) is 14.0 Å². The summed E-state index contributed by atoms with van der Waals surface area (Å²) < 4.78 is 57.1. The van der Waals surface area contributed by atoms with E-state index in [2.05, 4.69) is 10.1 Å². The second-order valence-corrected chi connectivity index (χ2v) is 7.27. The van der Waals surface area contributed by atoms with Crippen molar-refractivity contribution < 1.29 is 31.5 Å². The number of primary sulfonamides is 1. The largest absolute Gasteiger partial charge is 0.490 e. The third kappa shape index (κ3) is 6.26. The highest BCUT2D eigenvalue weighted by molar-refractivity contribution is 7.89. The van der Waals surface area contributed by atoms with E-state index in [4.69, 9.17) is 9.88 Å². The van der Waals surface area contributed by atoms with Crippen LogP contribution in [0.4, 0.5) is 14.5 Å². The quantitative estimate of drug-likeness (QED) is 0.482. The fourth-order valence-corrected chi connectivity index (χ4v) is 2.83. The van der Waals surface area contributed by atoms with E-state index in [0.717, 1.165) is 0 Å². The van der Waals surface area contributed by atoms with Crippen LogP contribution in [0.25, 0.3) is 6.08 Å². The van der Waals surface area contributed by atoms with Crippen molar-refractivity contribution in [2.75, 3.05) is 11.9 Å². The normalized spacial score (nSPS) is 11.7. The van der Waals surface area contributed by atoms with E-state index in [9.17, 15) is 27.3 Å². The van der Waals surface area contributed by atoms with Gasteiger partial charge in [0.1, 0.15) is 11.6 Å². The smallest absolute Gasteiger partial charge is 0.387 e. The molecule has 0 aromatic heterocycles. The zero-order valence-electron chi connectivity index (χ0n) is 15.6. The first-order chi connectivity index (χ1) is 14.1. The molecule has 0 spiro atoms. The van der Waals surface area contributed by atoms with Gasteiger partial charge in [-0.25, -0.2) is 13.6 Å². The van der Waals surface area contributed by atoms with Crippen LogP contribution in [-0.4, -0.2) is 27.5 Å². The lowest BCUT2D eigenvalue weighted by Crippen LogP contribution is -2.14. The average molecular weight is 437 g/mol. The summed E-state index contributed by atoms with van der Waals surface area (Å²) >= 11 is 0.